The summed E-state index contributed by atoms with van der Waals surface area (Å²) in [6, 6.07) is 8.14. The van der Waals surface area contributed by atoms with Crippen LogP contribution in [0.25, 0.3) is 0 Å². The zero-order valence-electron chi connectivity index (χ0n) is 7.48. The highest BCUT2D eigenvalue weighted by Crippen LogP contribution is 2.21. The van der Waals surface area contributed by atoms with Crippen LogP contribution in [0.3, 0.4) is 0 Å². The van der Waals surface area contributed by atoms with E-state index in [0.29, 0.717) is 0 Å². The molecule has 0 radical (unpaired) electrons. The van der Waals surface area contributed by atoms with E-state index in [4.69, 9.17) is 5.73 Å². The summed E-state index contributed by atoms with van der Waals surface area (Å²) in [4.78, 5) is 0. The lowest BCUT2D eigenvalue weighted by atomic mass is 10.0. The van der Waals surface area contributed by atoms with Gasteiger partial charge in [-0.2, -0.15) is 11.3 Å². The Balaban J connectivity index is 2.32. The fourth-order valence-electron chi connectivity index (χ4n) is 1.34. The minimum atomic E-state index is -0.242. The molecule has 0 fully saturated rings. The third kappa shape index (κ3) is 1.84. The van der Waals surface area contributed by atoms with Gasteiger partial charge >= 0.3 is 0 Å². The molecule has 2 aromatic rings. The summed E-state index contributed by atoms with van der Waals surface area (Å²) in [7, 11) is 0. The second-order valence-electron chi connectivity index (χ2n) is 3.09. The molecule has 0 spiro atoms. The highest BCUT2D eigenvalue weighted by molar-refractivity contribution is 7.08. The molecule has 2 rings (SSSR count). The first-order valence-electron chi connectivity index (χ1n) is 4.30. The summed E-state index contributed by atoms with van der Waals surface area (Å²) in [6.07, 6.45) is 0. The maximum absolute atomic E-state index is 12.9. The normalized spacial score (nSPS) is 12.7. The van der Waals surface area contributed by atoms with Crippen molar-refractivity contribution < 1.29 is 4.39 Å². The molecule has 14 heavy (non-hydrogen) atoms. The number of hydrogen-bond donors (Lipinski definition) is 1. The molecule has 1 heterocycles. The van der Waals surface area contributed by atoms with Gasteiger partial charge in [-0.3, -0.25) is 0 Å². The van der Waals surface area contributed by atoms with Gasteiger partial charge in [0.15, 0.2) is 0 Å². The smallest absolute Gasteiger partial charge is 0.123 e. The second kappa shape index (κ2) is 3.90. The number of hydrogen-bond acceptors (Lipinski definition) is 2. The third-order valence-corrected chi connectivity index (χ3v) is 2.81. The Bertz CT molecular complexity index is 411. The van der Waals surface area contributed by atoms with Crippen molar-refractivity contribution in [1.29, 1.82) is 0 Å². The van der Waals surface area contributed by atoms with Crippen molar-refractivity contribution in [3.05, 3.63) is 58.0 Å². The van der Waals surface area contributed by atoms with Gasteiger partial charge in [-0.15, -0.1) is 0 Å². The molecule has 0 aliphatic carbocycles. The first-order chi connectivity index (χ1) is 6.77. The van der Waals surface area contributed by atoms with Crippen LogP contribution in [0.15, 0.2) is 41.1 Å². The van der Waals surface area contributed by atoms with Crippen LogP contribution in [0.1, 0.15) is 17.2 Å². The number of nitrogens with two attached hydrogens (primary N) is 1. The van der Waals surface area contributed by atoms with Crippen molar-refractivity contribution in [1.82, 2.24) is 0 Å². The fraction of sp³-hybridized carbons (Fsp3) is 0.0909. The van der Waals surface area contributed by atoms with Crippen LogP contribution in [-0.4, -0.2) is 0 Å². The standard InChI is InChI=1S/C11H10FNS/c12-10-3-1-2-8(6-10)11(13)9-4-5-14-7-9/h1-7,11H,13H2/t11-/m0/s1. The van der Waals surface area contributed by atoms with Gasteiger partial charge in [0.1, 0.15) is 5.82 Å². The van der Waals surface area contributed by atoms with Crippen LogP contribution in [0, 0.1) is 5.82 Å². The van der Waals surface area contributed by atoms with E-state index >= 15 is 0 Å². The number of benzene rings is 1. The van der Waals surface area contributed by atoms with E-state index in [1.165, 1.54) is 12.1 Å². The first kappa shape index (κ1) is 9.37. The van der Waals surface area contributed by atoms with E-state index in [0.717, 1.165) is 11.1 Å². The molecule has 72 valence electrons. The Morgan fingerprint density at radius 2 is 2.07 bits per heavy atom. The lowest BCUT2D eigenvalue weighted by Gasteiger charge is -2.09. The minimum absolute atomic E-state index is 0.225. The largest absolute Gasteiger partial charge is 0.320 e. The van der Waals surface area contributed by atoms with Gasteiger partial charge < -0.3 is 5.73 Å². The zero-order valence-corrected chi connectivity index (χ0v) is 8.30. The Morgan fingerprint density at radius 1 is 1.21 bits per heavy atom. The maximum Gasteiger partial charge on any atom is 0.123 e. The molecule has 0 unspecified atom stereocenters. The summed E-state index contributed by atoms with van der Waals surface area (Å²) >= 11 is 1.59. The van der Waals surface area contributed by atoms with Crippen molar-refractivity contribution in [3.63, 3.8) is 0 Å². The molecule has 2 N–H and O–H groups in total. The van der Waals surface area contributed by atoms with E-state index in [2.05, 4.69) is 0 Å². The van der Waals surface area contributed by atoms with Gasteiger partial charge in [0.05, 0.1) is 6.04 Å². The summed E-state index contributed by atoms with van der Waals surface area (Å²) in [5.41, 5.74) is 7.81. The molecule has 1 nitrogen and oxygen atoms in total. The summed E-state index contributed by atoms with van der Waals surface area (Å²) in [5.74, 6) is -0.242. The molecule has 0 amide bonds. The first-order valence-corrected chi connectivity index (χ1v) is 5.25. The number of halogens is 1. The van der Waals surface area contributed by atoms with Crippen molar-refractivity contribution in [3.8, 4) is 0 Å². The average molecular weight is 207 g/mol. The Labute approximate surface area is 86.0 Å². The van der Waals surface area contributed by atoms with Crippen molar-refractivity contribution >= 4 is 11.3 Å². The van der Waals surface area contributed by atoms with Gasteiger partial charge in [-0.05, 0) is 40.1 Å². The van der Waals surface area contributed by atoms with E-state index < -0.39 is 0 Å². The Hall–Kier alpha value is -1.19. The van der Waals surface area contributed by atoms with E-state index in [1.807, 2.05) is 22.9 Å². The molecule has 0 saturated carbocycles. The molecule has 3 heteroatoms. The van der Waals surface area contributed by atoms with Crippen LogP contribution >= 0.6 is 11.3 Å². The molecule has 1 aromatic heterocycles. The van der Waals surface area contributed by atoms with Gasteiger partial charge in [0.25, 0.3) is 0 Å². The number of rotatable bonds is 2. The van der Waals surface area contributed by atoms with Crippen LogP contribution < -0.4 is 5.73 Å². The fourth-order valence-corrected chi connectivity index (χ4v) is 2.04. The Kier molecular flexibility index (Phi) is 2.61. The molecule has 0 aliphatic heterocycles. The molecular formula is C11H10FNS. The third-order valence-electron chi connectivity index (χ3n) is 2.11. The van der Waals surface area contributed by atoms with E-state index in [9.17, 15) is 4.39 Å². The molecule has 0 bridgehead atoms. The van der Waals surface area contributed by atoms with E-state index in [-0.39, 0.29) is 11.9 Å². The SMILES string of the molecule is N[C@H](c1ccsc1)c1cccc(F)c1. The lowest BCUT2D eigenvalue weighted by Crippen LogP contribution is -2.10. The monoisotopic (exact) mass is 207 g/mol. The van der Waals surface area contributed by atoms with Crippen LogP contribution in [-0.2, 0) is 0 Å². The molecule has 0 saturated heterocycles. The Morgan fingerprint density at radius 3 is 2.71 bits per heavy atom. The quantitative estimate of drug-likeness (QED) is 0.805. The maximum atomic E-state index is 12.9. The minimum Gasteiger partial charge on any atom is -0.320 e. The van der Waals surface area contributed by atoms with E-state index in [1.54, 1.807) is 17.4 Å². The molecule has 0 aliphatic rings. The van der Waals surface area contributed by atoms with Crippen LogP contribution in [0.2, 0.25) is 0 Å². The van der Waals surface area contributed by atoms with Crippen molar-refractivity contribution in [2.24, 2.45) is 5.73 Å². The lowest BCUT2D eigenvalue weighted by molar-refractivity contribution is 0.623. The average Bonchev–Trinajstić information content (AvgIpc) is 2.69. The highest BCUT2D eigenvalue weighted by atomic mass is 32.1. The van der Waals surface area contributed by atoms with Gasteiger partial charge in [-0.25, -0.2) is 4.39 Å². The van der Waals surface area contributed by atoms with Crippen molar-refractivity contribution in [2.45, 2.75) is 6.04 Å². The summed E-state index contributed by atoms with van der Waals surface area (Å²) < 4.78 is 12.9. The van der Waals surface area contributed by atoms with Gasteiger partial charge in [0.2, 0.25) is 0 Å². The van der Waals surface area contributed by atoms with Crippen molar-refractivity contribution in [2.75, 3.05) is 0 Å². The predicted octanol–water partition coefficient (Wildman–Crippen LogP) is 2.94. The predicted molar refractivity (Wildman–Crippen MR) is 56.7 cm³/mol. The topological polar surface area (TPSA) is 26.0 Å². The highest BCUT2D eigenvalue weighted by Gasteiger charge is 2.09. The van der Waals surface area contributed by atoms with Crippen LogP contribution in [0.4, 0.5) is 4.39 Å². The number of thiophene rings is 1. The van der Waals surface area contributed by atoms with Gasteiger partial charge in [-0.1, -0.05) is 12.1 Å². The summed E-state index contributed by atoms with van der Waals surface area (Å²) in [5, 5.41) is 3.95. The van der Waals surface area contributed by atoms with Gasteiger partial charge in [0, 0.05) is 0 Å². The molecule has 1 atom stereocenters. The molecular weight excluding hydrogens is 197 g/mol. The second-order valence-corrected chi connectivity index (χ2v) is 3.87. The summed E-state index contributed by atoms with van der Waals surface area (Å²) in [6.45, 7) is 0. The zero-order chi connectivity index (χ0) is 9.97. The van der Waals surface area contributed by atoms with Crippen LogP contribution in [0.5, 0.6) is 0 Å². The molecule has 1 aromatic carbocycles.